The van der Waals surface area contributed by atoms with Crippen LogP contribution in [0.2, 0.25) is 0 Å². The van der Waals surface area contributed by atoms with Crippen LogP contribution in [0.1, 0.15) is 17.3 Å². The molecule has 0 amide bonds. The molecule has 120 valence electrons. The molecule has 0 spiro atoms. The summed E-state index contributed by atoms with van der Waals surface area (Å²) in [5.74, 6) is 0.115. The number of carbonyl (C=O) groups is 1. The lowest BCUT2D eigenvalue weighted by atomic mass is 10.1. The third-order valence-electron chi connectivity index (χ3n) is 4.25. The zero-order chi connectivity index (χ0) is 16.7. The Balaban J connectivity index is 1.64. The van der Waals surface area contributed by atoms with Crippen molar-refractivity contribution < 1.29 is 4.79 Å². The summed E-state index contributed by atoms with van der Waals surface area (Å²) < 4.78 is 2.04. The molecule has 4 rings (SSSR count). The molecule has 2 heterocycles. The Kier molecular flexibility index (Phi) is 3.65. The average molecular weight is 335 g/mol. The van der Waals surface area contributed by atoms with Gasteiger partial charge in [0.25, 0.3) is 0 Å². The van der Waals surface area contributed by atoms with E-state index in [1.54, 1.807) is 6.20 Å². The predicted octanol–water partition coefficient (Wildman–Crippen LogP) is 4.42. The van der Waals surface area contributed by atoms with Crippen LogP contribution in [0.15, 0.2) is 59.9 Å². The first-order chi connectivity index (χ1) is 11.6. The highest BCUT2D eigenvalue weighted by Crippen LogP contribution is 2.29. The van der Waals surface area contributed by atoms with Gasteiger partial charge in [-0.3, -0.25) is 4.79 Å². The zero-order valence-corrected chi connectivity index (χ0v) is 14.3. The number of hydrogen-bond donors (Lipinski definition) is 1. The largest absolute Gasteiger partial charge is 0.360 e. The third kappa shape index (κ3) is 2.41. The number of benzene rings is 2. The highest BCUT2D eigenvalue weighted by Gasteiger charge is 2.22. The lowest BCUT2D eigenvalue weighted by Gasteiger charge is -2.09. The number of Topliss-reactive ketones (excluding diaryl/α,β-unsaturated/α-hetero) is 1. The Hall–Kier alpha value is -2.53. The van der Waals surface area contributed by atoms with Crippen molar-refractivity contribution in [3.63, 3.8) is 0 Å². The lowest BCUT2D eigenvalue weighted by Crippen LogP contribution is -2.14. The van der Waals surface area contributed by atoms with E-state index in [1.165, 1.54) is 11.8 Å². The van der Waals surface area contributed by atoms with E-state index in [1.807, 2.05) is 67.1 Å². The smallest absolute Gasteiger partial charge is 0.178 e. The summed E-state index contributed by atoms with van der Waals surface area (Å²) in [6, 6.07) is 15.9. The minimum Gasteiger partial charge on any atom is -0.360 e. The normalized spacial score (nSPS) is 12.8. The Morgan fingerprint density at radius 3 is 2.75 bits per heavy atom. The van der Waals surface area contributed by atoms with Gasteiger partial charge in [-0.15, -0.1) is 0 Å². The Morgan fingerprint density at radius 2 is 1.92 bits per heavy atom. The van der Waals surface area contributed by atoms with Gasteiger partial charge in [0.05, 0.1) is 16.3 Å². The minimum atomic E-state index is -0.209. The van der Waals surface area contributed by atoms with Crippen LogP contribution >= 0.6 is 11.8 Å². The van der Waals surface area contributed by atoms with Gasteiger partial charge in [-0.25, -0.2) is 4.98 Å². The van der Waals surface area contributed by atoms with Gasteiger partial charge in [0, 0.05) is 29.7 Å². The van der Waals surface area contributed by atoms with Crippen LogP contribution in [-0.2, 0) is 7.05 Å². The number of para-hydroxylation sites is 3. The Bertz CT molecular complexity index is 1050. The van der Waals surface area contributed by atoms with Gasteiger partial charge in [-0.2, -0.15) is 0 Å². The van der Waals surface area contributed by atoms with Gasteiger partial charge in [0.15, 0.2) is 10.9 Å². The summed E-state index contributed by atoms with van der Waals surface area (Å²) in [6.07, 6.45) is 1.80. The van der Waals surface area contributed by atoms with E-state index in [4.69, 9.17) is 0 Å². The highest BCUT2D eigenvalue weighted by molar-refractivity contribution is 8.00. The summed E-state index contributed by atoms with van der Waals surface area (Å²) in [7, 11) is 1.99. The monoisotopic (exact) mass is 335 g/mol. The fourth-order valence-electron chi connectivity index (χ4n) is 2.93. The van der Waals surface area contributed by atoms with Crippen LogP contribution in [0.3, 0.4) is 0 Å². The van der Waals surface area contributed by atoms with Crippen LogP contribution in [0.25, 0.3) is 21.9 Å². The van der Waals surface area contributed by atoms with Crippen LogP contribution in [-0.4, -0.2) is 25.6 Å². The molecule has 24 heavy (non-hydrogen) atoms. The first-order valence-corrected chi connectivity index (χ1v) is 8.71. The fraction of sp³-hybridized carbons (Fsp3) is 0.158. The van der Waals surface area contributed by atoms with Crippen molar-refractivity contribution in [2.24, 2.45) is 7.05 Å². The maximum atomic E-state index is 12.9. The number of aromatic amines is 1. The topological polar surface area (TPSA) is 50.7 Å². The van der Waals surface area contributed by atoms with Gasteiger partial charge in [0.1, 0.15) is 0 Å². The quantitative estimate of drug-likeness (QED) is 0.444. The zero-order valence-electron chi connectivity index (χ0n) is 13.5. The molecule has 0 saturated carbocycles. The number of nitrogens with zero attached hydrogens (tertiary/aromatic N) is 2. The van der Waals surface area contributed by atoms with Crippen molar-refractivity contribution in [1.29, 1.82) is 0 Å². The van der Waals surface area contributed by atoms with E-state index < -0.39 is 0 Å². The van der Waals surface area contributed by atoms with Crippen LogP contribution in [0.4, 0.5) is 0 Å². The summed E-state index contributed by atoms with van der Waals surface area (Å²) >= 11 is 1.50. The number of H-pyrrole nitrogens is 1. The second-order valence-corrected chi connectivity index (χ2v) is 7.12. The number of aromatic nitrogens is 3. The van der Waals surface area contributed by atoms with Crippen molar-refractivity contribution >= 4 is 39.5 Å². The number of rotatable bonds is 4. The molecule has 0 aliphatic heterocycles. The number of fused-ring (bicyclic) bond motifs is 2. The van der Waals surface area contributed by atoms with Crippen molar-refractivity contribution in [3.05, 3.63) is 60.3 Å². The SMILES string of the molecule is C[C@@H](Sc1nc2ccccc2n1C)C(=O)c1c[nH]c2ccccc12. The predicted molar refractivity (Wildman–Crippen MR) is 98.7 cm³/mol. The average Bonchev–Trinajstić information content (AvgIpc) is 3.16. The molecule has 0 fully saturated rings. The van der Waals surface area contributed by atoms with Gasteiger partial charge in [-0.1, -0.05) is 42.1 Å². The molecule has 0 bridgehead atoms. The number of hydrogen-bond acceptors (Lipinski definition) is 3. The van der Waals surface area contributed by atoms with Crippen molar-refractivity contribution in [2.45, 2.75) is 17.3 Å². The molecule has 0 saturated heterocycles. The third-order valence-corrected chi connectivity index (χ3v) is 5.40. The Morgan fingerprint density at radius 1 is 1.17 bits per heavy atom. The second kappa shape index (κ2) is 5.83. The first kappa shape index (κ1) is 15.0. The fourth-order valence-corrected chi connectivity index (χ4v) is 3.89. The van der Waals surface area contributed by atoms with Crippen molar-refractivity contribution in [3.8, 4) is 0 Å². The van der Waals surface area contributed by atoms with Gasteiger partial charge in [0.2, 0.25) is 0 Å². The van der Waals surface area contributed by atoms with Crippen LogP contribution < -0.4 is 0 Å². The minimum absolute atomic E-state index is 0.115. The first-order valence-electron chi connectivity index (χ1n) is 7.83. The van der Waals surface area contributed by atoms with Crippen LogP contribution in [0, 0.1) is 0 Å². The number of ketones is 1. The van der Waals surface area contributed by atoms with Gasteiger partial charge >= 0.3 is 0 Å². The summed E-state index contributed by atoms with van der Waals surface area (Å²) in [5.41, 5.74) is 3.76. The molecule has 0 aliphatic rings. The summed E-state index contributed by atoms with van der Waals surface area (Å²) in [5, 5.41) is 1.62. The van der Waals surface area contributed by atoms with E-state index in [0.717, 1.165) is 32.7 Å². The van der Waals surface area contributed by atoms with E-state index in [9.17, 15) is 4.79 Å². The molecule has 1 N–H and O–H groups in total. The molecular formula is C19H17N3OS. The molecule has 0 aliphatic carbocycles. The number of imidazole rings is 1. The lowest BCUT2D eigenvalue weighted by molar-refractivity contribution is 0.0995. The Labute approximate surface area is 143 Å². The summed E-state index contributed by atoms with van der Waals surface area (Å²) in [4.78, 5) is 20.7. The van der Waals surface area contributed by atoms with E-state index in [2.05, 4.69) is 9.97 Å². The molecule has 0 radical (unpaired) electrons. The molecule has 1 atom stereocenters. The summed E-state index contributed by atoms with van der Waals surface area (Å²) in [6.45, 7) is 1.94. The molecule has 2 aromatic carbocycles. The molecule has 5 heteroatoms. The molecule has 4 nitrogen and oxygen atoms in total. The second-order valence-electron chi connectivity index (χ2n) is 5.81. The van der Waals surface area contributed by atoms with Crippen molar-refractivity contribution in [2.75, 3.05) is 0 Å². The van der Waals surface area contributed by atoms with Crippen LogP contribution in [0.5, 0.6) is 0 Å². The van der Waals surface area contributed by atoms with Crippen molar-refractivity contribution in [1.82, 2.24) is 14.5 Å². The number of carbonyl (C=O) groups excluding carboxylic acids is 1. The number of aryl methyl sites for hydroxylation is 1. The van der Waals surface area contributed by atoms with E-state index in [-0.39, 0.29) is 11.0 Å². The van der Waals surface area contributed by atoms with E-state index in [0.29, 0.717) is 0 Å². The van der Waals surface area contributed by atoms with Gasteiger partial charge in [-0.05, 0) is 25.1 Å². The molecule has 0 unspecified atom stereocenters. The molecule has 4 aromatic rings. The maximum Gasteiger partial charge on any atom is 0.178 e. The highest BCUT2D eigenvalue weighted by atomic mass is 32.2. The number of nitrogens with one attached hydrogen (secondary N) is 1. The van der Waals surface area contributed by atoms with Gasteiger partial charge < -0.3 is 9.55 Å². The maximum absolute atomic E-state index is 12.9. The number of thioether (sulfide) groups is 1. The molecular weight excluding hydrogens is 318 g/mol. The van der Waals surface area contributed by atoms with E-state index >= 15 is 0 Å². The standard InChI is InChI=1S/C19H17N3OS/c1-12(18(23)14-11-20-15-8-4-3-7-13(14)15)24-19-21-16-9-5-6-10-17(16)22(19)2/h3-12,20H,1-2H3/t12-/m1/s1. The molecule has 2 aromatic heterocycles.